The molecule has 0 saturated carbocycles. The number of halogens is 2. The van der Waals surface area contributed by atoms with Crippen molar-refractivity contribution in [2.45, 2.75) is 38.6 Å². The second-order valence-electron chi connectivity index (χ2n) is 8.70. The molecule has 5 nitrogen and oxygen atoms in total. The van der Waals surface area contributed by atoms with E-state index in [1.54, 1.807) is 43.0 Å². The molecule has 1 aliphatic heterocycles. The fourth-order valence-corrected chi connectivity index (χ4v) is 6.91. The Bertz CT molecular complexity index is 1330. The van der Waals surface area contributed by atoms with Crippen molar-refractivity contribution in [1.82, 2.24) is 4.31 Å². The lowest BCUT2D eigenvalue weighted by atomic mass is 10.1. The highest BCUT2D eigenvalue weighted by Gasteiger charge is 2.33. The fraction of sp³-hybridized carbons (Fsp3) is 0.269. The van der Waals surface area contributed by atoms with Crippen molar-refractivity contribution in [3.63, 3.8) is 0 Å². The molecular formula is C26H26BrClN2O3S. The first-order chi connectivity index (χ1) is 16.1. The van der Waals surface area contributed by atoms with Gasteiger partial charge in [-0.05, 0) is 79.8 Å². The molecular weight excluding hydrogens is 536 g/mol. The number of anilines is 1. The number of hydrogen-bond donors (Lipinski definition) is 0. The molecule has 0 aliphatic carbocycles. The largest absolute Gasteiger partial charge is 0.311 e. The third-order valence-corrected chi connectivity index (χ3v) is 8.87. The predicted molar refractivity (Wildman–Crippen MR) is 140 cm³/mol. The van der Waals surface area contributed by atoms with Crippen LogP contribution in [0.5, 0.6) is 0 Å². The number of amides is 1. The molecule has 0 bridgehead atoms. The van der Waals surface area contributed by atoms with Gasteiger partial charge in [-0.2, -0.15) is 4.31 Å². The van der Waals surface area contributed by atoms with Crippen molar-refractivity contribution in [3.8, 4) is 0 Å². The molecule has 0 saturated heterocycles. The number of sulfonamides is 1. The third kappa shape index (κ3) is 5.08. The Labute approximate surface area is 214 Å². The molecule has 0 unspecified atom stereocenters. The van der Waals surface area contributed by atoms with Crippen LogP contribution < -0.4 is 4.90 Å². The van der Waals surface area contributed by atoms with E-state index in [1.807, 2.05) is 37.3 Å². The van der Waals surface area contributed by atoms with Gasteiger partial charge in [-0.25, -0.2) is 8.42 Å². The average molecular weight is 562 g/mol. The molecule has 34 heavy (non-hydrogen) atoms. The number of rotatable bonds is 6. The second kappa shape index (κ2) is 9.82. The van der Waals surface area contributed by atoms with E-state index < -0.39 is 10.0 Å². The monoisotopic (exact) mass is 560 g/mol. The van der Waals surface area contributed by atoms with Gasteiger partial charge < -0.3 is 4.90 Å². The van der Waals surface area contributed by atoms with Gasteiger partial charge in [-0.15, -0.1) is 0 Å². The van der Waals surface area contributed by atoms with Crippen molar-refractivity contribution in [2.75, 3.05) is 18.0 Å². The summed E-state index contributed by atoms with van der Waals surface area (Å²) in [6.07, 6.45) is 0.737. The number of carbonyl (C=O) groups is 1. The molecule has 1 aliphatic rings. The molecule has 1 amide bonds. The Kier molecular flexibility index (Phi) is 7.20. The summed E-state index contributed by atoms with van der Waals surface area (Å²) in [7, 11) is -3.95. The molecule has 0 spiro atoms. The van der Waals surface area contributed by atoms with Gasteiger partial charge in [0.25, 0.3) is 0 Å². The Hall–Kier alpha value is -2.19. The summed E-state index contributed by atoms with van der Waals surface area (Å²) in [4.78, 5) is 15.4. The Morgan fingerprint density at radius 3 is 2.32 bits per heavy atom. The second-order valence-corrected chi connectivity index (χ2v) is 11.9. The van der Waals surface area contributed by atoms with Crippen LogP contribution in [0.1, 0.15) is 27.8 Å². The van der Waals surface area contributed by atoms with Crippen LogP contribution in [-0.2, 0) is 27.8 Å². The van der Waals surface area contributed by atoms with Gasteiger partial charge >= 0.3 is 0 Å². The maximum Gasteiger partial charge on any atom is 0.244 e. The van der Waals surface area contributed by atoms with E-state index in [1.165, 1.54) is 4.31 Å². The molecule has 3 aromatic carbocycles. The van der Waals surface area contributed by atoms with Crippen LogP contribution in [0.4, 0.5) is 5.69 Å². The number of nitrogens with zero attached hydrogens (tertiary/aromatic N) is 2. The minimum Gasteiger partial charge on any atom is -0.311 e. The highest BCUT2D eigenvalue weighted by molar-refractivity contribution is 9.10. The topological polar surface area (TPSA) is 57.7 Å². The Morgan fingerprint density at radius 2 is 1.68 bits per heavy atom. The first-order valence-corrected chi connectivity index (χ1v) is 13.6. The standard InChI is InChI=1S/C26H26BrClN2O3S/c1-17-12-18(2)26(19(3)13-17)34(32,33)29(15-20-4-7-23(28)8-5-20)16-25(31)30-11-10-21-14-22(27)6-9-24(21)30/h4-9,12-14H,10-11,15-16H2,1-3H3. The molecule has 0 aromatic heterocycles. The molecule has 4 rings (SSSR count). The van der Waals surface area contributed by atoms with Crippen molar-refractivity contribution < 1.29 is 13.2 Å². The van der Waals surface area contributed by atoms with E-state index in [4.69, 9.17) is 11.6 Å². The molecule has 0 N–H and O–H groups in total. The van der Waals surface area contributed by atoms with E-state index >= 15 is 0 Å². The first kappa shape index (κ1) is 24.9. The number of carbonyl (C=O) groups excluding carboxylic acids is 1. The number of aryl methyl sites for hydroxylation is 3. The molecule has 178 valence electrons. The lowest BCUT2D eigenvalue weighted by Gasteiger charge is -2.26. The third-order valence-electron chi connectivity index (χ3n) is 6.02. The zero-order valence-electron chi connectivity index (χ0n) is 19.3. The van der Waals surface area contributed by atoms with Gasteiger partial charge in [0.05, 0.1) is 11.4 Å². The lowest BCUT2D eigenvalue weighted by molar-refractivity contribution is -0.118. The molecule has 0 fully saturated rings. The van der Waals surface area contributed by atoms with Crippen LogP contribution in [0.15, 0.2) is 64.0 Å². The Morgan fingerprint density at radius 1 is 1.03 bits per heavy atom. The SMILES string of the molecule is Cc1cc(C)c(S(=O)(=O)N(CC(=O)N2CCc3cc(Br)ccc32)Cc2ccc(Cl)cc2)c(C)c1. The first-order valence-electron chi connectivity index (χ1n) is 11.0. The highest BCUT2D eigenvalue weighted by Crippen LogP contribution is 2.32. The van der Waals surface area contributed by atoms with Crippen molar-refractivity contribution in [1.29, 1.82) is 0 Å². The van der Waals surface area contributed by atoms with Crippen LogP contribution in [0.3, 0.4) is 0 Å². The van der Waals surface area contributed by atoms with Gasteiger partial charge in [0, 0.05) is 28.3 Å². The molecule has 8 heteroatoms. The average Bonchev–Trinajstić information content (AvgIpc) is 3.16. The summed E-state index contributed by atoms with van der Waals surface area (Å²) in [6.45, 7) is 5.87. The fourth-order valence-electron chi connectivity index (χ4n) is 4.59. The zero-order chi connectivity index (χ0) is 24.6. The van der Waals surface area contributed by atoms with E-state index in [0.29, 0.717) is 22.7 Å². The van der Waals surface area contributed by atoms with Crippen molar-refractivity contribution in [2.24, 2.45) is 0 Å². The normalized spacial score (nSPS) is 13.4. The molecule has 0 radical (unpaired) electrons. The Balaban J connectivity index is 1.70. The quantitative estimate of drug-likeness (QED) is 0.382. The van der Waals surface area contributed by atoms with Gasteiger partial charge in [-0.3, -0.25) is 4.79 Å². The maximum atomic E-state index is 13.9. The van der Waals surface area contributed by atoms with Crippen molar-refractivity contribution in [3.05, 3.63) is 91.9 Å². The molecule has 1 heterocycles. The predicted octanol–water partition coefficient (Wildman–Crippen LogP) is 5.81. The highest BCUT2D eigenvalue weighted by atomic mass is 79.9. The summed E-state index contributed by atoms with van der Waals surface area (Å²) in [6, 6.07) is 16.5. The lowest BCUT2D eigenvalue weighted by Crippen LogP contribution is -2.42. The summed E-state index contributed by atoms with van der Waals surface area (Å²) in [5.41, 5.74) is 4.99. The number of hydrogen-bond acceptors (Lipinski definition) is 3. The minimum atomic E-state index is -3.95. The molecule has 3 aromatic rings. The summed E-state index contributed by atoms with van der Waals surface area (Å²) in [5.74, 6) is -0.249. The van der Waals surface area contributed by atoms with Gasteiger partial charge in [-0.1, -0.05) is 57.4 Å². The van der Waals surface area contributed by atoms with E-state index in [9.17, 15) is 13.2 Å². The van der Waals surface area contributed by atoms with E-state index in [2.05, 4.69) is 15.9 Å². The van der Waals surface area contributed by atoms with Crippen LogP contribution in [0, 0.1) is 20.8 Å². The van der Waals surface area contributed by atoms with Gasteiger partial charge in [0.15, 0.2) is 0 Å². The van der Waals surface area contributed by atoms with Crippen LogP contribution in [0.25, 0.3) is 0 Å². The maximum absolute atomic E-state index is 13.9. The van der Waals surface area contributed by atoms with Crippen molar-refractivity contribution >= 4 is 49.1 Å². The summed E-state index contributed by atoms with van der Waals surface area (Å²) in [5, 5.41) is 0.569. The molecule has 0 atom stereocenters. The van der Waals surface area contributed by atoms with Crippen LogP contribution in [0.2, 0.25) is 5.02 Å². The smallest absolute Gasteiger partial charge is 0.244 e. The van der Waals surface area contributed by atoms with E-state index in [0.717, 1.165) is 33.3 Å². The zero-order valence-corrected chi connectivity index (χ0v) is 22.5. The summed E-state index contributed by atoms with van der Waals surface area (Å²) < 4.78 is 30.1. The van der Waals surface area contributed by atoms with Gasteiger partial charge in [0.2, 0.25) is 15.9 Å². The number of fused-ring (bicyclic) bond motifs is 1. The van der Waals surface area contributed by atoms with Crippen LogP contribution in [-0.4, -0.2) is 31.7 Å². The summed E-state index contributed by atoms with van der Waals surface area (Å²) >= 11 is 9.50. The number of benzene rings is 3. The minimum absolute atomic E-state index is 0.0685. The van der Waals surface area contributed by atoms with Crippen LogP contribution >= 0.6 is 27.5 Å². The van der Waals surface area contributed by atoms with Gasteiger partial charge in [0.1, 0.15) is 0 Å². The van der Waals surface area contributed by atoms with E-state index in [-0.39, 0.29) is 23.9 Å².